The summed E-state index contributed by atoms with van der Waals surface area (Å²) in [7, 11) is 1.74. The van der Waals surface area contributed by atoms with Crippen LogP contribution in [0.3, 0.4) is 0 Å². The lowest BCUT2D eigenvalue weighted by molar-refractivity contribution is 0.159. The monoisotopic (exact) mass is 342 g/mol. The van der Waals surface area contributed by atoms with Crippen LogP contribution in [0.1, 0.15) is 12.1 Å². The van der Waals surface area contributed by atoms with E-state index in [0.29, 0.717) is 17.3 Å². The van der Waals surface area contributed by atoms with Crippen molar-refractivity contribution >= 4 is 5.82 Å². The molecule has 0 radical (unpaired) electrons. The zero-order chi connectivity index (χ0) is 17.6. The Labute approximate surface area is 148 Å². The second-order valence-electron chi connectivity index (χ2n) is 6.56. The normalized spacial score (nSPS) is 17.8. The van der Waals surface area contributed by atoms with Crippen molar-refractivity contribution in [3.63, 3.8) is 0 Å². The number of para-hydroxylation sites is 1. The highest BCUT2D eigenvalue weighted by molar-refractivity contribution is 5.64. The largest absolute Gasteiger partial charge is 0.507 e. The summed E-state index contributed by atoms with van der Waals surface area (Å²) in [5.74, 6) is 2.17. The second kappa shape index (κ2) is 8.27. The summed E-state index contributed by atoms with van der Waals surface area (Å²) in [4.78, 5) is 11.5. The van der Waals surface area contributed by atoms with Crippen LogP contribution < -0.4 is 5.32 Å². The second-order valence-corrected chi connectivity index (χ2v) is 6.56. The fourth-order valence-corrected chi connectivity index (χ4v) is 3.19. The van der Waals surface area contributed by atoms with E-state index < -0.39 is 0 Å². The topological polar surface area (TPSA) is 70.5 Å². The van der Waals surface area contributed by atoms with E-state index in [9.17, 15) is 5.11 Å². The summed E-state index contributed by atoms with van der Waals surface area (Å²) < 4.78 is 5.15. The number of aromatic hydroxyl groups is 1. The lowest BCUT2D eigenvalue weighted by Crippen LogP contribution is -2.26. The fourth-order valence-electron chi connectivity index (χ4n) is 3.19. The van der Waals surface area contributed by atoms with Gasteiger partial charge in [0.1, 0.15) is 11.6 Å². The summed E-state index contributed by atoms with van der Waals surface area (Å²) in [5, 5.41) is 13.5. The maximum Gasteiger partial charge on any atom is 0.165 e. The predicted molar refractivity (Wildman–Crippen MR) is 98.8 cm³/mol. The minimum absolute atomic E-state index is 0.198. The number of hydrogen-bond acceptors (Lipinski definition) is 6. The highest BCUT2D eigenvalue weighted by Gasteiger charge is 2.22. The van der Waals surface area contributed by atoms with Gasteiger partial charge in [0.15, 0.2) is 5.82 Å². The number of methoxy groups -OCH3 is 1. The number of nitrogens with zero attached hydrogens (tertiary/aromatic N) is 3. The number of hydrogen-bond donors (Lipinski definition) is 2. The Morgan fingerprint density at radius 2 is 2.16 bits per heavy atom. The van der Waals surface area contributed by atoms with E-state index in [2.05, 4.69) is 20.2 Å². The first-order valence-corrected chi connectivity index (χ1v) is 8.75. The van der Waals surface area contributed by atoms with Crippen LogP contribution >= 0.6 is 0 Å². The molecule has 2 aromatic rings. The van der Waals surface area contributed by atoms with Crippen LogP contribution in [0.25, 0.3) is 11.4 Å². The van der Waals surface area contributed by atoms with E-state index in [1.165, 1.54) is 6.42 Å². The summed E-state index contributed by atoms with van der Waals surface area (Å²) >= 11 is 0. The number of benzene rings is 1. The molecule has 6 nitrogen and oxygen atoms in total. The Hall–Kier alpha value is -2.18. The summed E-state index contributed by atoms with van der Waals surface area (Å²) in [6.07, 6.45) is 1.19. The van der Waals surface area contributed by atoms with Crippen LogP contribution in [0.15, 0.2) is 30.3 Å². The first-order chi connectivity index (χ1) is 12.2. The van der Waals surface area contributed by atoms with Gasteiger partial charge in [0.05, 0.1) is 12.2 Å². The average molecular weight is 342 g/mol. The number of aryl methyl sites for hydroxylation is 1. The minimum Gasteiger partial charge on any atom is -0.507 e. The molecule has 2 N–H and O–H groups in total. The number of phenolic OH excluding ortho intramolecular Hbond substituents is 1. The lowest BCUT2D eigenvalue weighted by atomic mass is 10.1. The molecule has 1 saturated heterocycles. The number of rotatable bonds is 7. The Kier molecular flexibility index (Phi) is 5.83. The van der Waals surface area contributed by atoms with E-state index in [4.69, 9.17) is 4.74 Å². The van der Waals surface area contributed by atoms with Gasteiger partial charge in [0.25, 0.3) is 0 Å². The van der Waals surface area contributed by atoms with Crippen LogP contribution in [-0.2, 0) is 4.74 Å². The zero-order valence-electron chi connectivity index (χ0n) is 14.9. The van der Waals surface area contributed by atoms with Crippen molar-refractivity contribution in [3.8, 4) is 17.1 Å². The molecular weight excluding hydrogens is 316 g/mol. The van der Waals surface area contributed by atoms with Crippen molar-refractivity contribution in [2.45, 2.75) is 13.3 Å². The molecular formula is C19H26N4O2. The molecule has 134 valence electrons. The van der Waals surface area contributed by atoms with E-state index in [1.807, 2.05) is 25.1 Å². The quantitative estimate of drug-likeness (QED) is 0.806. The third kappa shape index (κ3) is 4.67. The molecule has 1 atom stereocenters. The van der Waals surface area contributed by atoms with Crippen molar-refractivity contribution in [2.24, 2.45) is 5.92 Å². The van der Waals surface area contributed by atoms with Crippen molar-refractivity contribution in [1.29, 1.82) is 0 Å². The van der Waals surface area contributed by atoms with Crippen LogP contribution in [0.2, 0.25) is 0 Å². The Balaban J connectivity index is 1.63. The smallest absolute Gasteiger partial charge is 0.165 e. The molecule has 25 heavy (non-hydrogen) atoms. The van der Waals surface area contributed by atoms with Crippen LogP contribution in [0.5, 0.6) is 5.75 Å². The van der Waals surface area contributed by atoms with Gasteiger partial charge >= 0.3 is 0 Å². The van der Waals surface area contributed by atoms with E-state index in [1.54, 1.807) is 19.2 Å². The average Bonchev–Trinajstić information content (AvgIpc) is 3.06. The molecule has 1 aliphatic heterocycles. The molecule has 0 saturated carbocycles. The highest BCUT2D eigenvalue weighted by atomic mass is 16.5. The predicted octanol–water partition coefficient (Wildman–Crippen LogP) is 2.54. The summed E-state index contributed by atoms with van der Waals surface area (Å²) in [6.45, 7) is 6.83. The van der Waals surface area contributed by atoms with Gasteiger partial charge < -0.3 is 20.1 Å². The molecule has 0 aliphatic carbocycles. The van der Waals surface area contributed by atoms with E-state index in [-0.39, 0.29) is 5.75 Å². The molecule has 1 aromatic carbocycles. The number of nitrogens with one attached hydrogen (secondary N) is 1. The molecule has 1 fully saturated rings. The van der Waals surface area contributed by atoms with Gasteiger partial charge in [-0.25, -0.2) is 9.97 Å². The maximum absolute atomic E-state index is 10.0. The van der Waals surface area contributed by atoms with Gasteiger partial charge in [-0.15, -0.1) is 0 Å². The Bertz CT molecular complexity index is 708. The molecule has 0 amide bonds. The third-order valence-corrected chi connectivity index (χ3v) is 4.55. The van der Waals surface area contributed by atoms with E-state index >= 15 is 0 Å². The number of ether oxygens (including phenoxy) is 1. The molecule has 1 aliphatic rings. The molecule has 0 unspecified atom stereocenters. The van der Waals surface area contributed by atoms with Gasteiger partial charge in [0.2, 0.25) is 0 Å². The first kappa shape index (κ1) is 17.6. The Morgan fingerprint density at radius 3 is 2.96 bits per heavy atom. The zero-order valence-corrected chi connectivity index (χ0v) is 14.9. The molecule has 1 aromatic heterocycles. The summed E-state index contributed by atoms with van der Waals surface area (Å²) in [5.41, 5.74) is 1.53. The van der Waals surface area contributed by atoms with Gasteiger partial charge in [-0.2, -0.15) is 0 Å². The third-order valence-electron chi connectivity index (χ3n) is 4.55. The highest BCUT2D eigenvalue weighted by Crippen LogP contribution is 2.27. The van der Waals surface area contributed by atoms with E-state index in [0.717, 1.165) is 44.3 Å². The lowest BCUT2D eigenvalue weighted by Gasteiger charge is -2.16. The van der Waals surface area contributed by atoms with Gasteiger partial charge in [-0.3, -0.25) is 0 Å². The minimum atomic E-state index is 0.198. The van der Waals surface area contributed by atoms with Gasteiger partial charge in [-0.1, -0.05) is 12.1 Å². The van der Waals surface area contributed by atoms with Crippen LogP contribution in [-0.4, -0.2) is 59.9 Å². The first-order valence-electron chi connectivity index (χ1n) is 8.75. The van der Waals surface area contributed by atoms with Gasteiger partial charge in [-0.05, 0) is 37.9 Å². The van der Waals surface area contributed by atoms with Gasteiger partial charge in [0, 0.05) is 38.5 Å². The molecule has 6 heteroatoms. The number of aromatic nitrogens is 2. The van der Waals surface area contributed by atoms with Crippen molar-refractivity contribution in [1.82, 2.24) is 14.9 Å². The Morgan fingerprint density at radius 1 is 1.32 bits per heavy atom. The molecule has 2 heterocycles. The van der Waals surface area contributed by atoms with Crippen molar-refractivity contribution in [2.75, 3.05) is 45.2 Å². The molecule has 3 rings (SSSR count). The fraction of sp³-hybridized carbons (Fsp3) is 0.474. The summed E-state index contributed by atoms with van der Waals surface area (Å²) in [6, 6.07) is 9.10. The standard InChI is InChI=1S/C19H26N4O2/c1-14-11-18(20-12-15-7-8-23(13-15)9-10-25-2)22-19(21-14)16-5-3-4-6-17(16)24/h3-6,11,15,24H,7-10,12-13H2,1-2H3,(H,20,21,22)/t15-/m1/s1. The van der Waals surface area contributed by atoms with Crippen molar-refractivity contribution in [3.05, 3.63) is 36.0 Å². The molecule has 0 bridgehead atoms. The molecule has 0 spiro atoms. The number of anilines is 1. The van der Waals surface area contributed by atoms with Crippen molar-refractivity contribution < 1.29 is 9.84 Å². The maximum atomic E-state index is 10.0. The number of phenols is 1. The number of likely N-dealkylation sites (tertiary alicyclic amines) is 1. The van der Waals surface area contributed by atoms with Crippen LogP contribution in [0.4, 0.5) is 5.82 Å². The van der Waals surface area contributed by atoms with Crippen LogP contribution in [0, 0.1) is 12.8 Å². The SMILES string of the molecule is COCCN1CC[C@H](CNc2cc(C)nc(-c3ccccc3O)n2)C1.